The van der Waals surface area contributed by atoms with Crippen molar-refractivity contribution in [1.29, 1.82) is 0 Å². The molecule has 4 aliphatic carbocycles. The third-order valence-electron chi connectivity index (χ3n) is 12.4. The highest BCUT2D eigenvalue weighted by Crippen LogP contribution is 2.66. The summed E-state index contributed by atoms with van der Waals surface area (Å²) < 4.78 is 0. The lowest BCUT2D eigenvalue weighted by Gasteiger charge is -2.58. The fourth-order valence-corrected chi connectivity index (χ4v) is 10.0. The Morgan fingerprint density at radius 1 is 1.02 bits per heavy atom. The molecule has 5 rings (SSSR count). The van der Waals surface area contributed by atoms with Gasteiger partial charge < -0.3 is 15.1 Å². The third kappa shape index (κ3) is 6.06. The monoisotopic (exact) mass is 596 g/mol. The maximum absolute atomic E-state index is 13.4. The van der Waals surface area contributed by atoms with Gasteiger partial charge in [-0.2, -0.15) is 0 Å². The van der Waals surface area contributed by atoms with Crippen LogP contribution in [0.1, 0.15) is 112 Å². The molecule has 1 heterocycles. The molecular weight excluding hydrogens is 540 g/mol. The van der Waals surface area contributed by atoms with Crippen molar-refractivity contribution in [3.63, 3.8) is 0 Å². The van der Waals surface area contributed by atoms with E-state index in [4.69, 9.17) is 4.84 Å². The van der Waals surface area contributed by atoms with Crippen molar-refractivity contribution < 1.29 is 19.2 Å². The second-order valence-electron chi connectivity index (χ2n) is 16.1. The second-order valence-corrected chi connectivity index (χ2v) is 16.1. The molecule has 0 bridgehead atoms. The summed E-state index contributed by atoms with van der Waals surface area (Å²) in [5.74, 6) is 2.77. The smallest absolute Gasteiger partial charge is 0.347 e. The van der Waals surface area contributed by atoms with Crippen LogP contribution in [0.5, 0.6) is 0 Å². The number of hydrogen-bond donors (Lipinski definition) is 1. The molecule has 5 aliphatic rings. The first-order valence-electron chi connectivity index (χ1n) is 16.9. The van der Waals surface area contributed by atoms with E-state index >= 15 is 0 Å². The molecule has 0 aromatic carbocycles. The van der Waals surface area contributed by atoms with Crippen molar-refractivity contribution in [2.24, 2.45) is 39.7 Å². The Morgan fingerprint density at radius 3 is 2.47 bits per heavy atom. The van der Waals surface area contributed by atoms with Crippen LogP contribution in [0, 0.1) is 34.5 Å². The fourth-order valence-electron chi connectivity index (χ4n) is 10.0. The molecule has 8 atom stereocenters. The number of nitrogens with one attached hydrogen (secondary N) is 1. The van der Waals surface area contributed by atoms with Gasteiger partial charge in [-0.25, -0.2) is 4.79 Å². The van der Waals surface area contributed by atoms with Crippen LogP contribution in [0.4, 0.5) is 4.79 Å². The highest BCUT2D eigenvalue weighted by Gasteiger charge is 2.59. The Hall–Kier alpha value is -2.22. The van der Waals surface area contributed by atoms with Gasteiger partial charge in [0, 0.05) is 44.6 Å². The number of nitrogens with zero attached hydrogens (tertiary/aromatic N) is 3. The molecule has 0 radical (unpaired) electrons. The molecule has 3 saturated carbocycles. The first-order valence-corrected chi connectivity index (χ1v) is 16.9. The van der Waals surface area contributed by atoms with E-state index in [9.17, 15) is 14.4 Å². The summed E-state index contributed by atoms with van der Waals surface area (Å²) >= 11 is 0. The summed E-state index contributed by atoms with van der Waals surface area (Å²) in [4.78, 5) is 47.1. The average Bonchev–Trinajstić information content (AvgIpc) is 3.55. The Labute approximate surface area is 259 Å². The molecule has 0 spiro atoms. The van der Waals surface area contributed by atoms with Crippen molar-refractivity contribution in [2.75, 3.05) is 20.6 Å². The van der Waals surface area contributed by atoms with Gasteiger partial charge in [0.2, 0.25) is 5.91 Å². The van der Waals surface area contributed by atoms with Crippen LogP contribution in [-0.4, -0.2) is 71.6 Å². The zero-order chi connectivity index (χ0) is 31.3. The second kappa shape index (κ2) is 11.9. The zero-order valence-electron chi connectivity index (χ0n) is 28.0. The summed E-state index contributed by atoms with van der Waals surface area (Å²) in [7, 11) is 3.58. The van der Waals surface area contributed by atoms with Crippen LogP contribution < -0.4 is 5.32 Å². The Kier molecular flexibility index (Phi) is 8.94. The van der Waals surface area contributed by atoms with Crippen molar-refractivity contribution in [1.82, 2.24) is 15.1 Å². The van der Waals surface area contributed by atoms with Gasteiger partial charge in [-0.15, -0.1) is 0 Å². The molecular formula is C35H56N4O4. The van der Waals surface area contributed by atoms with Crippen LogP contribution in [-0.2, 0) is 14.4 Å². The van der Waals surface area contributed by atoms with Gasteiger partial charge in [0.1, 0.15) is 0 Å². The Bertz CT molecular complexity index is 1170. The summed E-state index contributed by atoms with van der Waals surface area (Å²) in [6.07, 6.45) is 12.7. The number of oxime groups is 1. The fraction of sp³-hybridized carbons (Fsp3) is 0.829. The highest BCUT2D eigenvalue weighted by atomic mass is 16.7. The number of rotatable bonds is 6. The van der Waals surface area contributed by atoms with E-state index in [1.807, 2.05) is 26.8 Å². The van der Waals surface area contributed by atoms with Gasteiger partial charge in [-0.3, -0.25) is 14.4 Å². The number of likely N-dealkylation sites (N-methyl/N-ethyl adjacent to an activating group) is 1. The number of carbonyl (C=O) groups excluding carboxylic acids is 3. The lowest BCUT2D eigenvalue weighted by atomic mass is 9.46. The van der Waals surface area contributed by atoms with Crippen LogP contribution in [0.2, 0.25) is 0 Å². The van der Waals surface area contributed by atoms with Crippen molar-refractivity contribution in [2.45, 2.75) is 130 Å². The highest BCUT2D eigenvalue weighted by molar-refractivity contribution is 5.91. The summed E-state index contributed by atoms with van der Waals surface area (Å²) in [5.41, 5.74) is 2.30. The van der Waals surface area contributed by atoms with Crippen LogP contribution in [0.15, 0.2) is 16.8 Å². The molecule has 240 valence electrons. The predicted octanol–water partition coefficient (Wildman–Crippen LogP) is 6.35. The van der Waals surface area contributed by atoms with E-state index in [2.05, 4.69) is 31.2 Å². The molecule has 2 amide bonds. The number of amides is 2. The average molecular weight is 597 g/mol. The molecule has 8 heteroatoms. The van der Waals surface area contributed by atoms with Crippen molar-refractivity contribution in [3.8, 4) is 0 Å². The molecule has 0 aromatic heterocycles. The van der Waals surface area contributed by atoms with E-state index < -0.39 is 11.6 Å². The minimum Gasteiger partial charge on any atom is -0.347 e. The van der Waals surface area contributed by atoms with Crippen LogP contribution in [0.3, 0.4) is 0 Å². The molecule has 8 nitrogen and oxygen atoms in total. The van der Waals surface area contributed by atoms with Crippen LogP contribution >= 0.6 is 0 Å². The minimum absolute atomic E-state index is 0.112. The van der Waals surface area contributed by atoms with Gasteiger partial charge >= 0.3 is 6.09 Å². The first-order chi connectivity index (χ1) is 20.1. The van der Waals surface area contributed by atoms with E-state index in [-0.39, 0.29) is 28.8 Å². The number of carbonyl (C=O) groups is 3. The third-order valence-corrected chi connectivity index (χ3v) is 12.4. The van der Waals surface area contributed by atoms with Crippen LogP contribution in [0.25, 0.3) is 0 Å². The van der Waals surface area contributed by atoms with Crippen molar-refractivity contribution in [3.05, 3.63) is 11.6 Å². The molecule has 1 aliphatic heterocycles. The Morgan fingerprint density at radius 2 is 1.77 bits per heavy atom. The van der Waals surface area contributed by atoms with Gasteiger partial charge in [0.25, 0.3) is 0 Å². The van der Waals surface area contributed by atoms with E-state index in [0.717, 1.165) is 44.2 Å². The van der Waals surface area contributed by atoms with Crippen molar-refractivity contribution >= 4 is 23.5 Å². The lowest BCUT2D eigenvalue weighted by molar-refractivity contribution is -0.130. The largest absolute Gasteiger partial charge is 0.436 e. The first kappa shape index (κ1) is 32.2. The summed E-state index contributed by atoms with van der Waals surface area (Å²) in [6.45, 7) is 13.6. The molecule has 2 unspecified atom stereocenters. The SMILES string of the molecule is C/C(=N\OC(=O)N(CCC1CCC(C(=O)N(C)C)N1)C(C)(C)C)[C@H]1CC[C@H]2[C@@H]3CCC4=CC(=O)CC[C@]4(C)[C@H]3CC[C@]12C. The Balaban J connectivity index is 1.21. The molecule has 43 heavy (non-hydrogen) atoms. The molecule has 4 fully saturated rings. The number of allylic oxidation sites excluding steroid dienone is 1. The lowest BCUT2D eigenvalue weighted by Crippen LogP contribution is -2.51. The molecule has 1 N–H and O–H groups in total. The van der Waals surface area contributed by atoms with E-state index in [1.165, 1.54) is 31.3 Å². The van der Waals surface area contributed by atoms with Gasteiger partial charge in [-0.05, 0) is 127 Å². The number of ketones is 1. The maximum atomic E-state index is 13.4. The normalized spacial score (nSPS) is 37.6. The van der Waals surface area contributed by atoms with E-state index in [0.29, 0.717) is 42.4 Å². The summed E-state index contributed by atoms with van der Waals surface area (Å²) in [5, 5.41) is 7.98. The van der Waals surface area contributed by atoms with Gasteiger partial charge in [0.15, 0.2) is 5.78 Å². The summed E-state index contributed by atoms with van der Waals surface area (Å²) in [6, 6.07) is 0.0563. The van der Waals surface area contributed by atoms with Gasteiger partial charge in [-0.1, -0.05) is 24.6 Å². The molecule has 0 aromatic rings. The topological polar surface area (TPSA) is 91.3 Å². The number of hydrogen-bond acceptors (Lipinski definition) is 6. The minimum atomic E-state index is -0.408. The predicted molar refractivity (Wildman–Crippen MR) is 170 cm³/mol. The maximum Gasteiger partial charge on any atom is 0.436 e. The number of fused-ring (bicyclic) bond motifs is 5. The zero-order valence-corrected chi connectivity index (χ0v) is 28.0. The standard InChI is InChI=1S/C35H56N4O4/c1-22(37-43-32(42)39(33(2,3)4)20-17-24-10-14-30(36-24)31(41)38(7)8)27-12-13-28-26-11-9-23-21-25(40)15-18-34(23,5)29(26)16-19-35(27,28)6/h21,24,26-30,36H,9-20H2,1-8H3/b37-22+/t24?,26-,27+,28-,29-,30?,34-,35+/m0/s1. The van der Waals surface area contributed by atoms with E-state index in [1.54, 1.807) is 23.9 Å². The molecule has 1 saturated heterocycles. The quantitative estimate of drug-likeness (QED) is 0.219. The van der Waals surface area contributed by atoms with Gasteiger partial charge in [0.05, 0.1) is 11.8 Å².